The van der Waals surface area contributed by atoms with Crippen LogP contribution in [0.5, 0.6) is 0 Å². The van der Waals surface area contributed by atoms with Gasteiger partial charge in [0.25, 0.3) is 0 Å². The highest BCUT2D eigenvalue weighted by atomic mass is 15.1. The fourth-order valence-corrected chi connectivity index (χ4v) is 15.5. The molecule has 0 aliphatic heterocycles. The van der Waals surface area contributed by atoms with E-state index in [1.165, 1.54) is 127 Å². The Hall–Kier alpha value is -6.44. The van der Waals surface area contributed by atoms with E-state index in [1.807, 2.05) is 0 Å². The molecule has 15 rings (SSSR count). The van der Waals surface area contributed by atoms with Crippen LogP contribution in [0.2, 0.25) is 0 Å². The first-order chi connectivity index (χ1) is 31.7. The van der Waals surface area contributed by atoms with Gasteiger partial charge in [0.1, 0.15) is 0 Å². The maximum atomic E-state index is 2.67. The van der Waals surface area contributed by atoms with Crippen molar-refractivity contribution in [2.45, 2.75) is 76.0 Å². The highest BCUT2D eigenvalue weighted by Crippen LogP contribution is 2.70. The first kappa shape index (κ1) is 37.9. The lowest BCUT2D eigenvalue weighted by Crippen LogP contribution is -2.55. The van der Waals surface area contributed by atoms with Gasteiger partial charge in [0.15, 0.2) is 0 Å². The Labute approximate surface area is 384 Å². The number of hydrogen-bond donors (Lipinski definition) is 0. The largest absolute Gasteiger partial charge is 0.310 e. The van der Waals surface area contributed by atoms with Gasteiger partial charge < -0.3 is 4.90 Å². The minimum Gasteiger partial charge on any atom is -0.310 e. The van der Waals surface area contributed by atoms with Gasteiger partial charge in [-0.3, -0.25) is 0 Å². The molecule has 1 nitrogen and oxygen atoms in total. The Morgan fingerprint density at radius 3 is 1.55 bits per heavy atom. The van der Waals surface area contributed by atoms with Gasteiger partial charge in [0.2, 0.25) is 0 Å². The fourth-order valence-electron chi connectivity index (χ4n) is 15.5. The minimum atomic E-state index is -0.102. The fraction of sp³-hybridized carbons (Fsp3) is 0.250. The van der Waals surface area contributed by atoms with Crippen molar-refractivity contribution >= 4 is 17.1 Å². The van der Waals surface area contributed by atoms with Gasteiger partial charge in [-0.05, 0) is 170 Å². The Morgan fingerprint density at radius 2 is 0.862 bits per heavy atom. The molecule has 7 aliphatic carbocycles. The van der Waals surface area contributed by atoms with E-state index in [2.05, 4.69) is 209 Å². The molecule has 4 fully saturated rings. The smallest absolute Gasteiger partial charge is 0.0543 e. The SMILES string of the molecule is CC1(C)c2ccccc2-c2c(N(c3ccc(-c4ccccc4-c4cccc5c4C(C)(C)c4ccccc4-5)cc3)c3ccc4c(c3)C3(c5ccccc5-4)C4CC5CC(C4)CC3C5)cccc21. The van der Waals surface area contributed by atoms with Crippen molar-refractivity contribution < 1.29 is 0 Å². The average molecular weight is 838 g/mol. The molecule has 8 aromatic carbocycles. The van der Waals surface area contributed by atoms with Crippen molar-refractivity contribution in [3.63, 3.8) is 0 Å². The summed E-state index contributed by atoms with van der Waals surface area (Å²) in [6.45, 7) is 9.61. The zero-order valence-electron chi connectivity index (χ0n) is 38.0. The van der Waals surface area contributed by atoms with Crippen LogP contribution in [0.4, 0.5) is 17.1 Å². The topological polar surface area (TPSA) is 3.24 Å². The second-order valence-electron chi connectivity index (χ2n) is 21.6. The summed E-state index contributed by atoms with van der Waals surface area (Å²) in [4.78, 5) is 2.61. The van der Waals surface area contributed by atoms with Crippen LogP contribution in [0.15, 0.2) is 176 Å². The van der Waals surface area contributed by atoms with Crippen LogP contribution >= 0.6 is 0 Å². The molecule has 0 saturated heterocycles. The molecule has 65 heavy (non-hydrogen) atoms. The number of anilines is 3. The Morgan fingerprint density at radius 1 is 0.369 bits per heavy atom. The summed E-state index contributed by atoms with van der Waals surface area (Å²) in [5.41, 5.74) is 25.9. The Kier molecular flexibility index (Phi) is 7.77. The molecule has 0 radical (unpaired) electrons. The first-order valence-electron chi connectivity index (χ1n) is 24.4. The van der Waals surface area contributed by atoms with Gasteiger partial charge in [-0.25, -0.2) is 0 Å². The molecular weight excluding hydrogens is 783 g/mol. The molecule has 1 spiro atoms. The van der Waals surface area contributed by atoms with Crippen LogP contribution in [-0.4, -0.2) is 0 Å². The van der Waals surface area contributed by atoms with Crippen LogP contribution in [0.25, 0.3) is 55.6 Å². The third-order valence-corrected chi connectivity index (χ3v) is 17.9. The Balaban J connectivity index is 0.947. The predicted octanol–water partition coefficient (Wildman–Crippen LogP) is 16.8. The predicted molar refractivity (Wildman–Crippen MR) is 270 cm³/mol. The summed E-state index contributed by atoms with van der Waals surface area (Å²) >= 11 is 0. The van der Waals surface area contributed by atoms with Crippen LogP contribution in [0.1, 0.15) is 93.2 Å². The molecule has 0 amide bonds. The van der Waals surface area contributed by atoms with Crippen molar-refractivity contribution in [1.82, 2.24) is 0 Å². The summed E-state index contributed by atoms with van der Waals surface area (Å²) in [7, 11) is 0. The number of hydrogen-bond acceptors (Lipinski definition) is 1. The van der Waals surface area contributed by atoms with E-state index in [1.54, 1.807) is 11.1 Å². The second kappa shape index (κ2) is 13.3. The van der Waals surface area contributed by atoms with Crippen LogP contribution in [0.3, 0.4) is 0 Å². The van der Waals surface area contributed by atoms with Crippen molar-refractivity contribution in [3.05, 3.63) is 209 Å². The molecule has 0 atom stereocenters. The molecule has 316 valence electrons. The molecule has 4 saturated carbocycles. The van der Waals surface area contributed by atoms with Crippen LogP contribution < -0.4 is 4.90 Å². The lowest BCUT2D eigenvalue weighted by molar-refractivity contribution is -0.0399. The number of benzene rings is 8. The third kappa shape index (κ3) is 5.00. The minimum absolute atomic E-state index is 0.0926. The Bertz CT molecular complexity index is 3260. The van der Waals surface area contributed by atoms with Crippen LogP contribution in [-0.2, 0) is 16.2 Å². The average Bonchev–Trinajstić information content (AvgIpc) is 3.86. The van der Waals surface area contributed by atoms with Gasteiger partial charge in [0, 0.05) is 33.2 Å². The lowest BCUT2D eigenvalue weighted by Gasteiger charge is -2.61. The summed E-state index contributed by atoms with van der Waals surface area (Å²) in [6.07, 6.45) is 6.98. The summed E-state index contributed by atoms with van der Waals surface area (Å²) in [6, 6.07) is 67.9. The zero-order chi connectivity index (χ0) is 43.4. The van der Waals surface area contributed by atoms with Gasteiger partial charge in [-0.2, -0.15) is 0 Å². The number of fused-ring (bicyclic) bond motifs is 9. The second-order valence-corrected chi connectivity index (χ2v) is 21.6. The molecule has 7 aliphatic rings. The van der Waals surface area contributed by atoms with Crippen molar-refractivity contribution in [2.24, 2.45) is 23.7 Å². The van der Waals surface area contributed by atoms with E-state index >= 15 is 0 Å². The maximum Gasteiger partial charge on any atom is 0.0543 e. The summed E-state index contributed by atoms with van der Waals surface area (Å²) in [5.74, 6) is 3.24. The van der Waals surface area contributed by atoms with Crippen molar-refractivity contribution in [3.8, 4) is 55.6 Å². The van der Waals surface area contributed by atoms with Crippen LogP contribution in [0, 0.1) is 23.7 Å². The number of nitrogens with zero attached hydrogens (tertiary/aromatic N) is 1. The van der Waals surface area contributed by atoms with Gasteiger partial charge in [-0.15, -0.1) is 0 Å². The molecule has 0 heterocycles. The molecule has 0 aromatic heterocycles. The molecule has 0 N–H and O–H groups in total. The van der Waals surface area contributed by atoms with E-state index in [0.29, 0.717) is 11.8 Å². The van der Waals surface area contributed by atoms with Crippen molar-refractivity contribution in [1.29, 1.82) is 0 Å². The monoisotopic (exact) mass is 837 g/mol. The zero-order valence-corrected chi connectivity index (χ0v) is 38.0. The lowest BCUT2D eigenvalue weighted by atomic mass is 9.43. The summed E-state index contributed by atoms with van der Waals surface area (Å²) in [5, 5.41) is 0. The standard InChI is InChI=1S/C64H55N/c1-62(2)55-23-11-9-19-53(55)60-57(62)25-14-26-59(60)65(45-31-32-50-48-17-8-12-24-56(48)64(58(50)38-45)42-34-39-33-40(36-42)37-43(64)35-39)44-29-27-41(28-30-44)46-15-5-6-16-47(46)51-20-13-21-52-49-18-7-10-22-54(49)63(3,4)61(51)52/h5-32,38-40,42-43H,33-37H2,1-4H3. The highest BCUT2D eigenvalue weighted by molar-refractivity contribution is 5.97. The van der Waals surface area contributed by atoms with E-state index < -0.39 is 0 Å². The molecule has 1 heteroatoms. The van der Waals surface area contributed by atoms with E-state index in [4.69, 9.17) is 0 Å². The molecule has 4 bridgehead atoms. The normalized spacial score (nSPS) is 23.7. The third-order valence-electron chi connectivity index (χ3n) is 17.9. The molecular formula is C64H55N. The van der Waals surface area contributed by atoms with Gasteiger partial charge in [-0.1, -0.05) is 173 Å². The molecule has 8 aromatic rings. The van der Waals surface area contributed by atoms with E-state index in [-0.39, 0.29) is 16.2 Å². The molecule has 0 unspecified atom stereocenters. The van der Waals surface area contributed by atoms with E-state index in [0.717, 1.165) is 11.8 Å². The quantitative estimate of drug-likeness (QED) is 0.167. The maximum absolute atomic E-state index is 2.67. The highest BCUT2D eigenvalue weighted by Gasteiger charge is 2.61. The summed E-state index contributed by atoms with van der Waals surface area (Å²) < 4.78 is 0. The van der Waals surface area contributed by atoms with Crippen molar-refractivity contribution in [2.75, 3.05) is 4.90 Å². The van der Waals surface area contributed by atoms with Gasteiger partial charge >= 0.3 is 0 Å². The van der Waals surface area contributed by atoms with Gasteiger partial charge in [0.05, 0.1) is 5.69 Å². The first-order valence-corrected chi connectivity index (χ1v) is 24.4. The van der Waals surface area contributed by atoms with E-state index in [9.17, 15) is 0 Å². The number of rotatable bonds is 5.